The number of nitrogens with one attached hydrogen (secondary N) is 1. The topological polar surface area (TPSA) is 50.7 Å². The third-order valence-corrected chi connectivity index (χ3v) is 3.18. The average molecular weight is 271 g/mol. The van der Waals surface area contributed by atoms with Crippen LogP contribution in [0.4, 0.5) is 5.69 Å². The summed E-state index contributed by atoms with van der Waals surface area (Å²) in [5.41, 5.74) is 1.92. The minimum atomic E-state index is 0.251. The molecule has 0 fully saturated rings. The fourth-order valence-electron chi connectivity index (χ4n) is 2.21. The Kier molecular flexibility index (Phi) is 3.63. The molecule has 1 heterocycles. The number of aromatic hydroxyl groups is 1. The molecule has 3 rings (SSSR count). The Labute approximate surface area is 118 Å². The van der Waals surface area contributed by atoms with Crippen LogP contribution in [0.1, 0.15) is 12.0 Å². The molecule has 0 aliphatic carbocycles. The van der Waals surface area contributed by atoms with E-state index in [0.29, 0.717) is 19.8 Å². The lowest BCUT2D eigenvalue weighted by atomic mass is 10.1. The van der Waals surface area contributed by atoms with Crippen molar-refractivity contribution in [1.29, 1.82) is 0 Å². The van der Waals surface area contributed by atoms with Crippen molar-refractivity contribution in [2.45, 2.75) is 13.0 Å². The molecule has 4 nitrogen and oxygen atoms in total. The van der Waals surface area contributed by atoms with Crippen molar-refractivity contribution in [3.8, 4) is 17.2 Å². The van der Waals surface area contributed by atoms with E-state index in [4.69, 9.17) is 9.47 Å². The van der Waals surface area contributed by atoms with Crippen molar-refractivity contribution in [3.05, 3.63) is 48.0 Å². The van der Waals surface area contributed by atoms with Crippen molar-refractivity contribution >= 4 is 5.69 Å². The molecular weight excluding hydrogens is 254 g/mol. The lowest BCUT2D eigenvalue weighted by Crippen LogP contribution is -2.03. The van der Waals surface area contributed by atoms with Crippen LogP contribution in [0, 0.1) is 0 Å². The Bertz CT molecular complexity index is 598. The Morgan fingerprint density at radius 2 is 1.90 bits per heavy atom. The number of phenols is 1. The van der Waals surface area contributed by atoms with Crippen LogP contribution < -0.4 is 14.8 Å². The molecule has 0 bridgehead atoms. The third-order valence-electron chi connectivity index (χ3n) is 3.18. The summed E-state index contributed by atoms with van der Waals surface area (Å²) in [6, 6.07) is 13.0. The first-order valence-electron chi connectivity index (χ1n) is 6.73. The van der Waals surface area contributed by atoms with E-state index >= 15 is 0 Å². The smallest absolute Gasteiger partial charge is 0.166 e. The van der Waals surface area contributed by atoms with E-state index in [1.54, 1.807) is 12.1 Å². The molecule has 0 saturated carbocycles. The summed E-state index contributed by atoms with van der Waals surface area (Å²) in [5.74, 6) is 1.87. The molecule has 1 aliphatic rings. The van der Waals surface area contributed by atoms with E-state index < -0.39 is 0 Å². The van der Waals surface area contributed by atoms with Crippen LogP contribution in [0.15, 0.2) is 42.5 Å². The summed E-state index contributed by atoms with van der Waals surface area (Å²) < 4.78 is 11.4. The second kappa shape index (κ2) is 5.74. The van der Waals surface area contributed by atoms with Gasteiger partial charge in [-0.1, -0.05) is 18.2 Å². The first-order valence-corrected chi connectivity index (χ1v) is 6.73. The monoisotopic (exact) mass is 271 g/mol. The summed E-state index contributed by atoms with van der Waals surface area (Å²) in [7, 11) is 0. The van der Waals surface area contributed by atoms with E-state index in [9.17, 15) is 5.11 Å². The molecule has 1 aliphatic heterocycles. The quantitative estimate of drug-likeness (QED) is 0.900. The SMILES string of the molecule is Oc1cccc(NCc2cccc3c2OCCCO3)c1. The highest BCUT2D eigenvalue weighted by atomic mass is 16.5. The minimum Gasteiger partial charge on any atom is -0.508 e. The van der Waals surface area contributed by atoms with Crippen LogP contribution in [-0.2, 0) is 6.54 Å². The molecule has 20 heavy (non-hydrogen) atoms. The van der Waals surface area contributed by atoms with Gasteiger partial charge in [0, 0.05) is 30.3 Å². The number of ether oxygens (including phenoxy) is 2. The number of rotatable bonds is 3. The van der Waals surface area contributed by atoms with E-state index in [1.807, 2.05) is 30.3 Å². The number of phenolic OH excluding ortho intramolecular Hbond substituents is 1. The fourth-order valence-corrected chi connectivity index (χ4v) is 2.21. The van der Waals surface area contributed by atoms with Crippen molar-refractivity contribution in [1.82, 2.24) is 0 Å². The highest BCUT2D eigenvalue weighted by molar-refractivity contribution is 5.51. The predicted molar refractivity (Wildman–Crippen MR) is 77.5 cm³/mol. The number of hydrogen-bond donors (Lipinski definition) is 2. The van der Waals surface area contributed by atoms with Crippen molar-refractivity contribution in [2.24, 2.45) is 0 Å². The van der Waals surface area contributed by atoms with Crippen LogP contribution in [0.5, 0.6) is 17.2 Å². The molecule has 0 spiro atoms. The maximum atomic E-state index is 9.45. The number of anilines is 1. The molecule has 4 heteroatoms. The molecule has 0 amide bonds. The molecule has 0 aromatic heterocycles. The van der Waals surface area contributed by atoms with Gasteiger partial charge in [-0.05, 0) is 18.2 Å². The molecular formula is C16H17NO3. The van der Waals surface area contributed by atoms with Gasteiger partial charge in [-0.25, -0.2) is 0 Å². The number of fused-ring (bicyclic) bond motifs is 1. The van der Waals surface area contributed by atoms with Gasteiger partial charge >= 0.3 is 0 Å². The van der Waals surface area contributed by atoms with E-state index in [0.717, 1.165) is 29.2 Å². The maximum absolute atomic E-state index is 9.45. The van der Waals surface area contributed by atoms with Gasteiger partial charge in [0.15, 0.2) is 11.5 Å². The van der Waals surface area contributed by atoms with E-state index in [2.05, 4.69) is 5.32 Å². The highest BCUT2D eigenvalue weighted by Crippen LogP contribution is 2.33. The summed E-state index contributed by atoms with van der Waals surface area (Å²) >= 11 is 0. The zero-order chi connectivity index (χ0) is 13.8. The van der Waals surface area contributed by atoms with Crippen LogP contribution in [0.2, 0.25) is 0 Å². The molecule has 2 aromatic rings. The van der Waals surface area contributed by atoms with Gasteiger partial charge in [0.1, 0.15) is 5.75 Å². The van der Waals surface area contributed by atoms with Crippen molar-refractivity contribution in [2.75, 3.05) is 18.5 Å². The molecule has 0 radical (unpaired) electrons. The zero-order valence-corrected chi connectivity index (χ0v) is 11.1. The first kappa shape index (κ1) is 12.7. The Morgan fingerprint density at radius 1 is 1.05 bits per heavy atom. The van der Waals surface area contributed by atoms with E-state index in [1.165, 1.54) is 0 Å². The number of benzene rings is 2. The molecule has 0 atom stereocenters. The largest absolute Gasteiger partial charge is 0.508 e. The zero-order valence-electron chi connectivity index (χ0n) is 11.1. The maximum Gasteiger partial charge on any atom is 0.166 e. The highest BCUT2D eigenvalue weighted by Gasteiger charge is 2.14. The van der Waals surface area contributed by atoms with E-state index in [-0.39, 0.29) is 5.75 Å². The lowest BCUT2D eigenvalue weighted by Gasteiger charge is -2.13. The van der Waals surface area contributed by atoms with Gasteiger partial charge < -0.3 is 19.9 Å². The van der Waals surface area contributed by atoms with Gasteiger partial charge in [0.25, 0.3) is 0 Å². The Hall–Kier alpha value is -2.36. The number of para-hydroxylation sites is 1. The minimum absolute atomic E-state index is 0.251. The van der Waals surface area contributed by atoms with Crippen LogP contribution in [-0.4, -0.2) is 18.3 Å². The molecule has 0 saturated heterocycles. The van der Waals surface area contributed by atoms with Gasteiger partial charge in [0.05, 0.1) is 13.2 Å². The van der Waals surface area contributed by atoms with Gasteiger partial charge in [-0.15, -0.1) is 0 Å². The molecule has 0 unspecified atom stereocenters. The van der Waals surface area contributed by atoms with Gasteiger partial charge in [-0.3, -0.25) is 0 Å². The van der Waals surface area contributed by atoms with Gasteiger partial charge in [0.2, 0.25) is 0 Å². The standard InChI is InChI=1S/C16H17NO3/c18-14-6-2-5-13(10-14)17-11-12-4-1-7-15-16(12)20-9-3-8-19-15/h1-2,4-7,10,17-18H,3,8-9,11H2. The lowest BCUT2D eigenvalue weighted by molar-refractivity contribution is 0.296. The predicted octanol–water partition coefficient (Wildman–Crippen LogP) is 3.17. The van der Waals surface area contributed by atoms with Crippen LogP contribution in [0.3, 0.4) is 0 Å². The number of hydrogen-bond acceptors (Lipinski definition) is 4. The van der Waals surface area contributed by atoms with Crippen molar-refractivity contribution < 1.29 is 14.6 Å². The summed E-state index contributed by atoms with van der Waals surface area (Å²) in [5, 5.41) is 12.7. The van der Waals surface area contributed by atoms with Crippen LogP contribution in [0.25, 0.3) is 0 Å². The Balaban J connectivity index is 1.77. The molecule has 2 N–H and O–H groups in total. The average Bonchev–Trinajstić information content (AvgIpc) is 2.71. The fraction of sp³-hybridized carbons (Fsp3) is 0.250. The van der Waals surface area contributed by atoms with Crippen LogP contribution >= 0.6 is 0 Å². The second-order valence-electron chi connectivity index (χ2n) is 4.70. The second-order valence-corrected chi connectivity index (χ2v) is 4.70. The van der Waals surface area contributed by atoms with Gasteiger partial charge in [-0.2, -0.15) is 0 Å². The molecule has 2 aromatic carbocycles. The summed E-state index contributed by atoms with van der Waals surface area (Å²) in [6.45, 7) is 1.99. The summed E-state index contributed by atoms with van der Waals surface area (Å²) in [4.78, 5) is 0. The third kappa shape index (κ3) is 2.79. The Morgan fingerprint density at radius 3 is 2.80 bits per heavy atom. The normalized spacial score (nSPS) is 13.6. The molecule has 104 valence electrons. The summed E-state index contributed by atoms with van der Waals surface area (Å²) in [6.07, 6.45) is 0.897. The first-order chi connectivity index (χ1) is 9.83. The van der Waals surface area contributed by atoms with Crippen molar-refractivity contribution in [3.63, 3.8) is 0 Å².